The average molecular weight is 459 g/mol. The van der Waals surface area contributed by atoms with Gasteiger partial charge in [-0.25, -0.2) is 0 Å². The van der Waals surface area contributed by atoms with Gasteiger partial charge >= 0.3 is 0 Å². The van der Waals surface area contributed by atoms with Gasteiger partial charge in [-0.05, 0) is 88.3 Å². The topological polar surface area (TPSA) is 43.4 Å². The zero-order chi connectivity index (χ0) is 22.8. The average Bonchev–Trinajstić information content (AvgIpc) is 2.83. The fourth-order valence-electron chi connectivity index (χ4n) is 2.74. The third kappa shape index (κ3) is 7.15. The van der Waals surface area contributed by atoms with E-state index in [1.807, 2.05) is 66.7 Å². The lowest BCUT2D eigenvalue weighted by molar-refractivity contribution is -0.107. The quantitative estimate of drug-likeness (QED) is 0.193. The van der Waals surface area contributed by atoms with Crippen molar-refractivity contribution in [2.24, 2.45) is 0 Å². The molecule has 0 heterocycles. The minimum atomic E-state index is -0.0704. The Morgan fingerprint density at radius 1 is 0.719 bits per heavy atom. The van der Waals surface area contributed by atoms with Crippen LogP contribution in [0.1, 0.15) is 11.1 Å². The normalized spacial score (nSPS) is 10.6. The van der Waals surface area contributed by atoms with E-state index in [2.05, 4.69) is 25.3 Å². The molecular formula is C27H22O3S2. The van der Waals surface area contributed by atoms with E-state index in [0.29, 0.717) is 6.61 Å². The van der Waals surface area contributed by atoms with Gasteiger partial charge in [0.15, 0.2) is 0 Å². The van der Waals surface area contributed by atoms with Gasteiger partial charge in [-0.15, -0.1) is 0 Å². The van der Waals surface area contributed by atoms with Crippen LogP contribution in [-0.4, -0.2) is 10.2 Å². The van der Waals surface area contributed by atoms with Gasteiger partial charge in [0.25, 0.3) is 0 Å². The van der Waals surface area contributed by atoms with E-state index in [4.69, 9.17) is 4.74 Å². The van der Waals surface area contributed by atoms with Crippen LogP contribution in [0.2, 0.25) is 0 Å². The summed E-state index contributed by atoms with van der Waals surface area (Å²) < 4.78 is 5.63. The number of carbonyl (C=O) groups excluding carboxylic acids is 2. The number of ether oxygens (including phenoxy) is 1. The first kappa shape index (κ1) is 23.4. The fraction of sp³-hybridized carbons (Fsp3) is 0.0370. The number of hydrogen-bond acceptors (Lipinski definition) is 5. The SMILES string of the molecule is C=CC(=O)Sc1ccc(CO/C=C/c2ccc(-c3ccc(SC(=O)C=C)cc3)cc2)cc1. The number of rotatable bonds is 9. The van der Waals surface area contributed by atoms with E-state index in [9.17, 15) is 9.59 Å². The predicted molar refractivity (Wildman–Crippen MR) is 134 cm³/mol. The maximum Gasteiger partial charge on any atom is 0.216 e. The summed E-state index contributed by atoms with van der Waals surface area (Å²) in [5.74, 6) is 0. The Balaban J connectivity index is 1.51. The van der Waals surface area contributed by atoms with E-state index in [1.54, 1.807) is 6.26 Å². The van der Waals surface area contributed by atoms with Crippen molar-refractivity contribution in [2.45, 2.75) is 16.4 Å². The highest BCUT2D eigenvalue weighted by Gasteiger charge is 2.03. The van der Waals surface area contributed by atoms with Crippen LogP contribution in [0.5, 0.6) is 0 Å². The highest BCUT2D eigenvalue weighted by atomic mass is 32.2. The third-order valence-corrected chi connectivity index (χ3v) is 6.15. The summed E-state index contributed by atoms with van der Waals surface area (Å²) in [6, 6.07) is 23.7. The van der Waals surface area contributed by atoms with Crippen LogP contribution in [0.25, 0.3) is 17.2 Å². The van der Waals surface area contributed by atoms with E-state index in [0.717, 1.165) is 43.8 Å². The van der Waals surface area contributed by atoms with Crippen LogP contribution in [0.4, 0.5) is 0 Å². The van der Waals surface area contributed by atoms with Crippen LogP contribution in [0, 0.1) is 0 Å². The molecule has 0 bridgehead atoms. The lowest BCUT2D eigenvalue weighted by atomic mass is 10.0. The van der Waals surface area contributed by atoms with Gasteiger partial charge in [-0.2, -0.15) is 0 Å². The van der Waals surface area contributed by atoms with Crippen molar-refractivity contribution in [1.82, 2.24) is 0 Å². The molecule has 0 unspecified atom stereocenters. The summed E-state index contributed by atoms with van der Waals surface area (Å²) in [5, 5.41) is -0.133. The van der Waals surface area contributed by atoms with E-state index in [-0.39, 0.29) is 10.2 Å². The maximum atomic E-state index is 11.4. The van der Waals surface area contributed by atoms with Crippen molar-refractivity contribution >= 4 is 39.8 Å². The maximum absolute atomic E-state index is 11.4. The number of benzene rings is 3. The van der Waals surface area contributed by atoms with Gasteiger partial charge < -0.3 is 4.74 Å². The Kier molecular flexibility index (Phi) is 8.72. The summed E-state index contributed by atoms with van der Waals surface area (Å²) in [5.41, 5.74) is 4.25. The molecule has 0 atom stereocenters. The van der Waals surface area contributed by atoms with Crippen molar-refractivity contribution in [1.29, 1.82) is 0 Å². The molecular weight excluding hydrogens is 436 g/mol. The predicted octanol–water partition coefficient (Wildman–Crippen LogP) is 7.15. The van der Waals surface area contributed by atoms with E-state index in [1.165, 1.54) is 23.9 Å². The number of carbonyl (C=O) groups is 2. The first-order chi connectivity index (χ1) is 15.6. The van der Waals surface area contributed by atoms with E-state index < -0.39 is 0 Å². The summed E-state index contributed by atoms with van der Waals surface area (Å²) in [4.78, 5) is 24.6. The Morgan fingerprint density at radius 3 is 1.69 bits per heavy atom. The molecule has 3 rings (SSSR count). The molecule has 0 fully saturated rings. The number of hydrogen-bond donors (Lipinski definition) is 0. The Labute approximate surface area is 196 Å². The monoisotopic (exact) mass is 458 g/mol. The zero-order valence-electron chi connectivity index (χ0n) is 17.4. The molecule has 160 valence electrons. The third-order valence-electron chi connectivity index (χ3n) is 4.40. The van der Waals surface area contributed by atoms with Gasteiger partial charge in [0.2, 0.25) is 10.2 Å². The molecule has 0 N–H and O–H groups in total. The lowest BCUT2D eigenvalue weighted by Gasteiger charge is -2.05. The second kappa shape index (κ2) is 11.9. The van der Waals surface area contributed by atoms with Gasteiger partial charge in [0.05, 0.1) is 6.26 Å². The van der Waals surface area contributed by atoms with Crippen LogP contribution >= 0.6 is 23.5 Å². The first-order valence-electron chi connectivity index (χ1n) is 9.83. The van der Waals surface area contributed by atoms with Crippen molar-refractivity contribution in [3.05, 3.63) is 115 Å². The number of thioether (sulfide) groups is 2. The minimum Gasteiger partial charge on any atom is -0.496 e. The Hall–Kier alpha value is -3.28. The highest BCUT2D eigenvalue weighted by Crippen LogP contribution is 2.25. The van der Waals surface area contributed by atoms with Crippen molar-refractivity contribution in [3.63, 3.8) is 0 Å². The Bertz CT molecular complexity index is 1110. The standard InChI is InChI=1S/C27H22O3S2/c1-3-26(28)31-24-13-7-21(8-14-24)19-30-18-17-20-5-9-22(10-6-20)23-11-15-25(16-12-23)32-27(29)4-2/h3-18H,1-2,19H2/b18-17+. The van der Waals surface area contributed by atoms with Crippen molar-refractivity contribution in [3.8, 4) is 11.1 Å². The summed E-state index contributed by atoms with van der Waals surface area (Å²) >= 11 is 2.32. The smallest absolute Gasteiger partial charge is 0.216 e. The molecule has 3 aromatic rings. The second-order valence-electron chi connectivity index (χ2n) is 6.65. The van der Waals surface area contributed by atoms with Crippen LogP contribution in [0.3, 0.4) is 0 Å². The largest absolute Gasteiger partial charge is 0.496 e. The zero-order valence-corrected chi connectivity index (χ0v) is 19.0. The molecule has 5 heteroatoms. The van der Waals surface area contributed by atoms with Gasteiger partial charge in [-0.1, -0.05) is 61.7 Å². The molecule has 0 radical (unpaired) electrons. The lowest BCUT2D eigenvalue weighted by Crippen LogP contribution is -1.88. The summed E-state index contributed by atoms with van der Waals surface area (Å²) in [7, 11) is 0. The molecule has 0 amide bonds. The van der Waals surface area contributed by atoms with Gasteiger partial charge in [-0.3, -0.25) is 9.59 Å². The molecule has 0 aliphatic rings. The highest BCUT2D eigenvalue weighted by molar-refractivity contribution is 8.14. The van der Waals surface area contributed by atoms with Gasteiger partial charge in [0.1, 0.15) is 6.61 Å². The molecule has 0 aromatic heterocycles. The van der Waals surface area contributed by atoms with Crippen molar-refractivity contribution < 1.29 is 14.3 Å². The summed E-state index contributed by atoms with van der Waals surface area (Å²) in [6.07, 6.45) is 6.22. The molecule has 0 saturated carbocycles. The second-order valence-corrected chi connectivity index (χ2v) is 8.81. The molecule has 3 aromatic carbocycles. The molecule has 0 aliphatic carbocycles. The van der Waals surface area contributed by atoms with E-state index >= 15 is 0 Å². The molecule has 0 aliphatic heterocycles. The molecule has 0 saturated heterocycles. The Morgan fingerprint density at radius 2 is 1.19 bits per heavy atom. The van der Waals surface area contributed by atoms with Crippen LogP contribution in [-0.2, 0) is 20.9 Å². The fourth-order valence-corrected chi connectivity index (χ4v) is 3.92. The molecule has 0 spiro atoms. The first-order valence-corrected chi connectivity index (χ1v) is 11.5. The van der Waals surface area contributed by atoms with Crippen molar-refractivity contribution in [2.75, 3.05) is 0 Å². The van der Waals surface area contributed by atoms with Crippen LogP contribution in [0.15, 0.2) is 114 Å². The van der Waals surface area contributed by atoms with Crippen LogP contribution < -0.4 is 0 Å². The molecule has 3 nitrogen and oxygen atoms in total. The molecule has 32 heavy (non-hydrogen) atoms. The summed E-state index contributed by atoms with van der Waals surface area (Å²) in [6.45, 7) is 7.41. The van der Waals surface area contributed by atoms with Gasteiger partial charge in [0, 0.05) is 9.79 Å². The minimum absolute atomic E-state index is 0.0628.